The topological polar surface area (TPSA) is 132 Å². The van der Waals surface area contributed by atoms with Gasteiger partial charge in [0.1, 0.15) is 22.3 Å². The molecule has 0 spiro atoms. The molecule has 4 heterocycles. The molecule has 0 bridgehead atoms. The van der Waals surface area contributed by atoms with E-state index in [-0.39, 0.29) is 24.1 Å². The lowest BCUT2D eigenvalue weighted by molar-refractivity contribution is 0.0739. The Morgan fingerprint density at radius 1 is 1.17 bits per heavy atom. The van der Waals surface area contributed by atoms with Crippen molar-refractivity contribution in [3.05, 3.63) is 87.4 Å². The fourth-order valence-electron chi connectivity index (χ4n) is 4.16. The van der Waals surface area contributed by atoms with Crippen molar-refractivity contribution in [3.63, 3.8) is 0 Å². The molecule has 4 aromatic rings. The fourth-order valence-corrected chi connectivity index (χ4v) is 4.76. The van der Waals surface area contributed by atoms with Crippen molar-refractivity contribution in [1.82, 2.24) is 10.2 Å². The average Bonchev–Trinajstić information content (AvgIpc) is 3.63. The maximum Gasteiger partial charge on any atom is 0.353 e. The van der Waals surface area contributed by atoms with E-state index >= 15 is 0 Å². The van der Waals surface area contributed by atoms with E-state index in [4.69, 9.17) is 24.7 Å². The Bertz CT molecular complexity index is 1530. The van der Waals surface area contributed by atoms with Crippen LogP contribution in [0.1, 0.15) is 26.7 Å². The summed E-state index contributed by atoms with van der Waals surface area (Å²) < 4.78 is 22.2. The molecule has 3 N–H and O–H groups in total. The lowest BCUT2D eigenvalue weighted by Crippen LogP contribution is -2.21. The summed E-state index contributed by atoms with van der Waals surface area (Å²) in [4.78, 5) is 13.0. The molecule has 6 rings (SSSR count). The van der Waals surface area contributed by atoms with Crippen molar-refractivity contribution >= 4 is 17.3 Å². The molecule has 10 heteroatoms. The monoisotopic (exact) mass is 484 g/mol. The maximum atomic E-state index is 12.5. The summed E-state index contributed by atoms with van der Waals surface area (Å²) in [5.41, 5.74) is 9.06. The number of nitrogens with two attached hydrogens (primary N) is 1. The number of nitrogens with zero attached hydrogens (tertiary/aromatic N) is 2. The Morgan fingerprint density at radius 3 is 2.89 bits per heavy atom. The minimum absolute atomic E-state index is 0.0327. The van der Waals surface area contributed by atoms with Gasteiger partial charge in [-0.2, -0.15) is 5.26 Å². The van der Waals surface area contributed by atoms with E-state index in [0.717, 1.165) is 5.56 Å². The third-order valence-corrected chi connectivity index (χ3v) is 6.57. The van der Waals surface area contributed by atoms with Crippen LogP contribution in [0.2, 0.25) is 0 Å². The second kappa shape index (κ2) is 8.23. The van der Waals surface area contributed by atoms with Gasteiger partial charge in [0.2, 0.25) is 18.6 Å². The Labute approximate surface area is 202 Å². The number of benzene rings is 2. The lowest BCUT2D eigenvalue weighted by atomic mass is 9.83. The molecule has 2 aromatic carbocycles. The Hall–Kier alpha value is -4.75. The normalized spacial score (nSPS) is 15.8. The largest absolute Gasteiger partial charge is 0.454 e. The quantitative estimate of drug-likeness (QED) is 0.324. The summed E-state index contributed by atoms with van der Waals surface area (Å²) in [7, 11) is 0. The number of nitriles is 1. The van der Waals surface area contributed by atoms with Crippen molar-refractivity contribution in [3.8, 4) is 40.5 Å². The third kappa shape index (κ3) is 3.55. The minimum atomic E-state index is -0.608. The molecule has 0 saturated carbocycles. The van der Waals surface area contributed by atoms with Gasteiger partial charge in [-0.1, -0.05) is 18.2 Å². The zero-order chi connectivity index (χ0) is 23.9. The summed E-state index contributed by atoms with van der Waals surface area (Å²) in [6.45, 7) is 0.153. The van der Waals surface area contributed by atoms with Gasteiger partial charge >= 0.3 is 5.97 Å². The van der Waals surface area contributed by atoms with Crippen molar-refractivity contribution < 1.29 is 23.7 Å². The number of thiophene rings is 1. The SMILES string of the molecule is N#CC1=C(N)Oc2n[nH]c(-c3ccc4c(c3)OCO4)c2[C@H]1c1cccc(OC(=O)c2cccs2)c1. The van der Waals surface area contributed by atoms with E-state index < -0.39 is 11.9 Å². The molecule has 9 nitrogen and oxygen atoms in total. The van der Waals surface area contributed by atoms with Gasteiger partial charge in [0.25, 0.3) is 0 Å². The van der Waals surface area contributed by atoms with Crippen LogP contribution in [0.3, 0.4) is 0 Å². The highest BCUT2D eigenvalue weighted by Crippen LogP contribution is 2.47. The predicted molar refractivity (Wildman–Crippen MR) is 125 cm³/mol. The molecule has 2 aromatic heterocycles. The van der Waals surface area contributed by atoms with Crippen LogP contribution in [0.15, 0.2) is 71.4 Å². The number of esters is 1. The van der Waals surface area contributed by atoms with Crippen molar-refractivity contribution in [2.24, 2.45) is 5.73 Å². The Kier molecular flexibility index (Phi) is 4.90. The zero-order valence-corrected chi connectivity index (χ0v) is 18.8. The standard InChI is InChI=1S/C25H16N4O5S/c26-11-16-20(13-3-1-4-15(9-13)33-25(30)19-5-2-8-35-19)21-22(28-29-24(21)34-23(16)27)14-6-7-17-18(10-14)32-12-31-17/h1-10,20H,12,27H2,(H,28,29)/t20-/m0/s1. The van der Waals surface area contributed by atoms with Crippen molar-refractivity contribution in [1.29, 1.82) is 5.26 Å². The number of nitrogens with one attached hydrogen (secondary N) is 1. The van der Waals surface area contributed by atoms with Crippen LogP contribution >= 0.6 is 11.3 Å². The molecule has 0 unspecified atom stereocenters. The second-order valence-corrected chi connectivity index (χ2v) is 8.70. The van der Waals surface area contributed by atoms with Crippen LogP contribution in [-0.2, 0) is 0 Å². The number of carbonyl (C=O) groups is 1. The molecular weight excluding hydrogens is 468 g/mol. The number of aromatic amines is 1. The van der Waals surface area contributed by atoms with Gasteiger partial charge in [0.05, 0.1) is 17.2 Å². The molecule has 0 amide bonds. The molecule has 35 heavy (non-hydrogen) atoms. The summed E-state index contributed by atoms with van der Waals surface area (Å²) in [6, 6.07) is 18.2. The summed E-state index contributed by atoms with van der Waals surface area (Å²) in [5, 5.41) is 19.1. The first-order valence-electron chi connectivity index (χ1n) is 10.5. The molecule has 2 aliphatic rings. The Balaban J connectivity index is 1.44. The average molecular weight is 484 g/mol. The lowest BCUT2D eigenvalue weighted by Gasteiger charge is -2.24. The van der Waals surface area contributed by atoms with E-state index in [1.165, 1.54) is 11.3 Å². The molecule has 0 aliphatic carbocycles. The summed E-state index contributed by atoms with van der Waals surface area (Å²) >= 11 is 1.30. The summed E-state index contributed by atoms with van der Waals surface area (Å²) in [5.74, 6) is 0.773. The molecule has 2 aliphatic heterocycles. The van der Waals surface area contributed by atoms with Gasteiger partial charge in [-0.05, 0) is 47.3 Å². The second-order valence-electron chi connectivity index (χ2n) is 7.75. The highest BCUT2D eigenvalue weighted by molar-refractivity contribution is 7.12. The molecular formula is C25H16N4O5S. The molecule has 0 saturated heterocycles. The van der Waals surface area contributed by atoms with Crippen LogP contribution in [0, 0.1) is 11.3 Å². The van der Waals surface area contributed by atoms with Crippen LogP contribution < -0.4 is 24.7 Å². The van der Waals surface area contributed by atoms with E-state index in [2.05, 4.69) is 16.3 Å². The highest BCUT2D eigenvalue weighted by atomic mass is 32.1. The van der Waals surface area contributed by atoms with Crippen molar-refractivity contribution in [2.45, 2.75) is 5.92 Å². The van der Waals surface area contributed by atoms with Gasteiger partial charge in [0, 0.05) is 5.56 Å². The van der Waals surface area contributed by atoms with Gasteiger partial charge in [-0.25, -0.2) is 4.79 Å². The molecule has 0 fully saturated rings. The van der Waals surface area contributed by atoms with Gasteiger partial charge < -0.3 is 24.7 Å². The first kappa shape index (κ1) is 20.8. The minimum Gasteiger partial charge on any atom is -0.454 e. The molecule has 1 atom stereocenters. The number of ether oxygens (including phenoxy) is 4. The molecule has 0 radical (unpaired) electrons. The number of H-pyrrole nitrogens is 1. The van der Waals surface area contributed by atoms with Crippen molar-refractivity contribution in [2.75, 3.05) is 6.79 Å². The van der Waals surface area contributed by atoms with Crippen LogP contribution in [0.25, 0.3) is 11.3 Å². The summed E-state index contributed by atoms with van der Waals surface area (Å²) in [6.07, 6.45) is 0. The van der Waals surface area contributed by atoms with Crippen LogP contribution in [0.5, 0.6) is 23.1 Å². The van der Waals surface area contributed by atoms with Crippen LogP contribution in [-0.4, -0.2) is 23.0 Å². The number of hydrogen-bond acceptors (Lipinski definition) is 9. The number of rotatable bonds is 4. The smallest absolute Gasteiger partial charge is 0.353 e. The number of aromatic nitrogens is 2. The van der Waals surface area contributed by atoms with Gasteiger partial charge in [-0.3, -0.25) is 5.10 Å². The third-order valence-electron chi connectivity index (χ3n) is 5.72. The van der Waals surface area contributed by atoms with E-state index in [0.29, 0.717) is 38.9 Å². The van der Waals surface area contributed by atoms with Crippen LogP contribution in [0.4, 0.5) is 0 Å². The molecule has 172 valence electrons. The predicted octanol–water partition coefficient (Wildman–Crippen LogP) is 4.30. The van der Waals surface area contributed by atoms with E-state index in [9.17, 15) is 10.1 Å². The highest BCUT2D eigenvalue weighted by Gasteiger charge is 2.36. The number of allylic oxidation sites excluding steroid dienone is 1. The zero-order valence-electron chi connectivity index (χ0n) is 18.0. The van der Waals surface area contributed by atoms with E-state index in [1.54, 1.807) is 35.7 Å². The number of carbonyl (C=O) groups excluding carboxylic acids is 1. The van der Waals surface area contributed by atoms with E-state index in [1.807, 2.05) is 24.3 Å². The number of hydrogen-bond donors (Lipinski definition) is 2. The first-order chi connectivity index (χ1) is 17.1. The van der Waals surface area contributed by atoms with Gasteiger partial charge in [-0.15, -0.1) is 16.4 Å². The maximum absolute atomic E-state index is 12.5. The fraction of sp³-hybridized carbons (Fsp3) is 0.0800. The first-order valence-corrected chi connectivity index (χ1v) is 11.4. The van der Waals surface area contributed by atoms with Gasteiger partial charge in [0.15, 0.2) is 11.5 Å². The Morgan fingerprint density at radius 2 is 2.06 bits per heavy atom. The number of fused-ring (bicyclic) bond motifs is 2.